The van der Waals surface area contributed by atoms with Crippen molar-refractivity contribution >= 4 is 51.0 Å². The SMILES string of the molecule is CCCC(CCI)N(c1ccccc1)c1ccc(C2(C3=Cc4c(oc5ccccc45)CC3)c3ccccc3-c3ccccc32)cc1. The molecule has 0 saturated heterocycles. The van der Waals surface area contributed by atoms with Crippen LogP contribution in [0.25, 0.3) is 28.2 Å². The summed E-state index contributed by atoms with van der Waals surface area (Å²) in [7, 11) is 0. The quantitative estimate of drug-likeness (QED) is 0.110. The van der Waals surface area contributed by atoms with Crippen molar-refractivity contribution < 1.29 is 4.42 Å². The molecule has 0 amide bonds. The third kappa shape index (κ3) is 4.66. The number of furan rings is 1. The van der Waals surface area contributed by atoms with Crippen LogP contribution in [0, 0.1) is 0 Å². The molecule has 3 heteroatoms. The number of benzene rings is 5. The zero-order chi connectivity index (χ0) is 31.1. The normalized spacial score (nSPS) is 15.1. The zero-order valence-electron chi connectivity index (χ0n) is 26.3. The monoisotopic (exact) mass is 711 g/mol. The number of nitrogens with zero attached hydrogens (tertiary/aromatic N) is 1. The molecule has 2 aliphatic rings. The molecular formula is C43H38INO. The lowest BCUT2D eigenvalue weighted by Crippen LogP contribution is -2.32. The van der Waals surface area contributed by atoms with Gasteiger partial charge in [-0.15, -0.1) is 0 Å². The minimum absolute atomic E-state index is 0.385. The van der Waals surface area contributed by atoms with Crippen molar-refractivity contribution in [3.05, 3.63) is 161 Å². The first kappa shape index (κ1) is 29.3. The summed E-state index contributed by atoms with van der Waals surface area (Å²) in [5.74, 6) is 1.10. The van der Waals surface area contributed by atoms with Crippen LogP contribution >= 0.6 is 22.6 Å². The van der Waals surface area contributed by atoms with E-state index in [9.17, 15) is 0 Å². The first-order valence-electron chi connectivity index (χ1n) is 16.7. The van der Waals surface area contributed by atoms with E-state index in [1.165, 1.54) is 55.7 Å². The van der Waals surface area contributed by atoms with Gasteiger partial charge in [-0.25, -0.2) is 0 Å². The summed E-state index contributed by atoms with van der Waals surface area (Å²) in [6, 6.07) is 47.6. The molecule has 0 bridgehead atoms. The second kappa shape index (κ2) is 12.3. The van der Waals surface area contributed by atoms with Gasteiger partial charge in [-0.05, 0) is 83.0 Å². The molecule has 228 valence electrons. The van der Waals surface area contributed by atoms with Gasteiger partial charge in [0.05, 0.1) is 5.41 Å². The first-order valence-corrected chi connectivity index (χ1v) is 18.2. The van der Waals surface area contributed by atoms with E-state index in [4.69, 9.17) is 4.42 Å². The molecule has 1 aromatic heterocycles. The number of fused-ring (bicyclic) bond motifs is 6. The summed E-state index contributed by atoms with van der Waals surface area (Å²) in [6.07, 6.45) is 7.80. The van der Waals surface area contributed by atoms with Crippen molar-refractivity contribution in [3.63, 3.8) is 0 Å². The van der Waals surface area contributed by atoms with Crippen LogP contribution in [0.3, 0.4) is 0 Å². The van der Waals surface area contributed by atoms with Crippen LogP contribution in [0.5, 0.6) is 0 Å². The van der Waals surface area contributed by atoms with Crippen molar-refractivity contribution in [2.45, 2.75) is 50.5 Å². The standard InChI is InChI=1S/C43H38INO/c1-2-12-32(27-28-44)45(33-13-4-3-5-14-33)34-24-21-30(22-25-34)43(39-18-9-6-15-35(39)36-16-7-10-19-40(36)43)31-23-26-42-38(29-31)37-17-8-11-20-41(37)46-42/h3-11,13-22,24-25,29,32H,2,12,23,26-28H2,1H3. The summed E-state index contributed by atoms with van der Waals surface area (Å²) in [6.45, 7) is 2.30. The second-order valence-electron chi connectivity index (χ2n) is 12.6. The van der Waals surface area contributed by atoms with Crippen LogP contribution in [0.2, 0.25) is 0 Å². The summed E-state index contributed by atoms with van der Waals surface area (Å²) in [5, 5.41) is 1.20. The van der Waals surface area contributed by atoms with Crippen LogP contribution in [-0.2, 0) is 11.8 Å². The molecule has 0 saturated carbocycles. The fourth-order valence-electron chi connectivity index (χ4n) is 8.22. The lowest BCUT2D eigenvalue weighted by Gasteiger charge is -2.38. The van der Waals surface area contributed by atoms with Crippen molar-refractivity contribution in [3.8, 4) is 11.1 Å². The van der Waals surface area contributed by atoms with Crippen LogP contribution in [0.15, 0.2) is 137 Å². The van der Waals surface area contributed by atoms with Crippen molar-refractivity contribution in [1.29, 1.82) is 0 Å². The molecule has 6 aromatic rings. The highest BCUT2D eigenvalue weighted by Crippen LogP contribution is 2.58. The average molecular weight is 712 g/mol. The smallest absolute Gasteiger partial charge is 0.134 e. The van der Waals surface area contributed by atoms with E-state index < -0.39 is 0 Å². The Morgan fingerprint density at radius 2 is 1.33 bits per heavy atom. The Kier molecular flexibility index (Phi) is 7.81. The predicted octanol–water partition coefficient (Wildman–Crippen LogP) is 11.9. The van der Waals surface area contributed by atoms with Gasteiger partial charge in [0.15, 0.2) is 0 Å². The molecule has 2 nitrogen and oxygen atoms in total. The number of hydrogen-bond acceptors (Lipinski definition) is 2. The number of allylic oxidation sites excluding steroid dienone is 1. The molecule has 5 aromatic carbocycles. The van der Waals surface area contributed by atoms with Gasteiger partial charge in [0.2, 0.25) is 0 Å². The predicted molar refractivity (Wildman–Crippen MR) is 201 cm³/mol. The summed E-state index contributed by atoms with van der Waals surface area (Å²) in [5.41, 5.74) is 12.5. The Morgan fingerprint density at radius 1 is 0.696 bits per heavy atom. The van der Waals surface area contributed by atoms with E-state index in [1.807, 2.05) is 0 Å². The molecule has 46 heavy (non-hydrogen) atoms. The van der Waals surface area contributed by atoms with Gasteiger partial charge in [0.25, 0.3) is 0 Å². The molecule has 1 atom stereocenters. The molecule has 0 fully saturated rings. The van der Waals surface area contributed by atoms with Crippen molar-refractivity contribution in [2.75, 3.05) is 9.33 Å². The van der Waals surface area contributed by atoms with Crippen LogP contribution in [0.1, 0.15) is 60.6 Å². The van der Waals surface area contributed by atoms with Gasteiger partial charge in [0, 0.05) is 39.2 Å². The van der Waals surface area contributed by atoms with Gasteiger partial charge in [-0.1, -0.05) is 139 Å². The topological polar surface area (TPSA) is 16.4 Å². The Balaban J connectivity index is 1.34. The minimum Gasteiger partial charge on any atom is -0.460 e. The molecule has 0 spiro atoms. The molecule has 0 radical (unpaired) electrons. The number of para-hydroxylation sites is 2. The third-order valence-electron chi connectivity index (χ3n) is 10.1. The van der Waals surface area contributed by atoms with Gasteiger partial charge in [0.1, 0.15) is 11.3 Å². The van der Waals surface area contributed by atoms with Crippen LogP contribution < -0.4 is 4.90 Å². The Bertz CT molecular complexity index is 1990. The minimum atomic E-state index is -0.385. The maximum atomic E-state index is 6.37. The van der Waals surface area contributed by atoms with Gasteiger partial charge >= 0.3 is 0 Å². The first-order chi connectivity index (χ1) is 22.7. The van der Waals surface area contributed by atoms with Crippen LogP contribution in [0.4, 0.5) is 11.4 Å². The highest BCUT2D eigenvalue weighted by molar-refractivity contribution is 14.1. The van der Waals surface area contributed by atoms with E-state index >= 15 is 0 Å². The molecule has 2 aliphatic carbocycles. The maximum absolute atomic E-state index is 6.37. The molecule has 1 unspecified atom stereocenters. The number of aryl methyl sites for hydroxylation is 1. The molecular weight excluding hydrogens is 673 g/mol. The number of halogens is 1. The molecule has 0 N–H and O–H groups in total. The maximum Gasteiger partial charge on any atom is 0.134 e. The van der Waals surface area contributed by atoms with E-state index in [0.717, 1.165) is 47.9 Å². The van der Waals surface area contributed by atoms with E-state index in [-0.39, 0.29) is 5.41 Å². The van der Waals surface area contributed by atoms with Gasteiger partial charge < -0.3 is 9.32 Å². The average Bonchev–Trinajstić information content (AvgIpc) is 3.63. The van der Waals surface area contributed by atoms with Crippen molar-refractivity contribution in [2.24, 2.45) is 0 Å². The van der Waals surface area contributed by atoms with E-state index in [2.05, 4.69) is 168 Å². The number of anilines is 2. The van der Waals surface area contributed by atoms with Gasteiger partial charge in [-0.2, -0.15) is 0 Å². The largest absolute Gasteiger partial charge is 0.460 e. The third-order valence-corrected chi connectivity index (χ3v) is 10.7. The lowest BCUT2D eigenvalue weighted by atomic mass is 9.64. The fourth-order valence-corrected chi connectivity index (χ4v) is 8.94. The Hall–Kier alpha value is -4.09. The van der Waals surface area contributed by atoms with E-state index in [0.29, 0.717) is 6.04 Å². The summed E-state index contributed by atoms with van der Waals surface area (Å²) < 4.78 is 7.51. The Labute approximate surface area is 285 Å². The molecule has 1 heterocycles. The molecule has 0 aliphatic heterocycles. The van der Waals surface area contributed by atoms with Crippen molar-refractivity contribution in [1.82, 2.24) is 0 Å². The van der Waals surface area contributed by atoms with Crippen LogP contribution in [-0.4, -0.2) is 10.5 Å². The molecule has 8 rings (SSSR count). The highest BCUT2D eigenvalue weighted by Gasteiger charge is 2.47. The second-order valence-corrected chi connectivity index (χ2v) is 13.7. The highest BCUT2D eigenvalue weighted by atomic mass is 127. The van der Waals surface area contributed by atoms with Gasteiger partial charge in [-0.3, -0.25) is 0 Å². The number of rotatable bonds is 9. The number of hydrogen-bond donors (Lipinski definition) is 0. The number of alkyl halides is 1. The zero-order valence-corrected chi connectivity index (χ0v) is 28.4. The van der Waals surface area contributed by atoms with E-state index in [1.54, 1.807) is 0 Å². The summed E-state index contributed by atoms with van der Waals surface area (Å²) >= 11 is 2.54. The summed E-state index contributed by atoms with van der Waals surface area (Å²) in [4.78, 5) is 2.58. The fraction of sp³-hybridized carbons (Fsp3) is 0.209. The lowest BCUT2D eigenvalue weighted by molar-refractivity contribution is 0.534. The Morgan fingerprint density at radius 3 is 2.02 bits per heavy atom.